The van der Waals surface area contributed by atoms with Crippen LogP contribution >= 0.6 is 0 Å². The minimum atomic E-state index is -0.878. The molecule has 5 nitrogen and oxygen atoms in total. The number of carbonyl (C=O) groups is 1. The van der Waals surface area contributed by atoms with Gasteiger partial charge in [-0.1, -0.05) is 18.2 Å². The van der Waals surface area contributed by atoms with Gasteiger partial charge >= 0.3 is 5.97 Å². The zero-order valence-electron chi connectivity index (χ0n) is 22.5. The fraction of sp³-hybridized carbons (Fsp3) is 0.412. The van der Waals surface area contributed by atoms with Gasteiger partial charge in [-0.3, -0.25) is 0 Å². The van der Waals surface area contributed by atoms with Gasteiger partial charge in [0.25, 0.3) is 0 Å². The Morgan fingerprint density at radius 2 is 1.59 bits per heavy atom. The maximum Gasteiger partial charge on any atom is 0.336 e. The lowest BCUT2D eigenvalue weighted by atomic mass is 9.83. The first-order valence-electron chi connectivity index (χ1n) is 14.9. The van der Waals surface area contributed by atoms with Gasteiger partial charge < -0.3 is 14.7 Å². The number of hydrogen-bond acceptors (Lipinski definition) is 3. The van der Waals surface area contributed by atoms with E-state index in [2.05, 4.69) is 21.6 Å². The summed E-state index contributed by atoms with van der Waals surface area (Å²) < 4.78 is 9.72. The van der Waals surface area contributed by atoms with E-state index in [4.69, 9.17) is 4.74 Å². The lowest BCUT2D eigenvalue weighted by Crippen LogP contribution is -2.41. The van der Waals surface area contributed by atoms with Crippen LogP contribution in [-0.2, 0) is 25.7 Å². The van der Waals surface area contributed by atoms with E-state index < -0.39 is 5.97 Å². The number of aromatic carboxylic acids is 1. The van der Waals surface area contributed by atoms with Gasteiger partial charge in [-0.05, 0) is 80.7 Å². The number of ether oxygens (including phenoxy) is 1. The first-order chi connectivity index (χ1) is 19.2. The Balaban J connectivity index is 1.53. The van der Waals surface area contributed by atoms with Gasteiger partial charge in [-0.15, -0.1) is 0 Å². The van der Waals surface area contributed by atoms with Crippen LogP contribution in [0.4, 0.5) is 5.69 Å². The monoisotopic (exact) mass is 519 g/mol. The number of carboxylic acid groups (broad SMARTS) is 1. The molecule has 5 aliphatic rings. The summed E-state index contributed by atoms with van der Waals surface area (Å²) in [6, 6.07) is 12.3. The van der Waals surface area contributed by atoms with Crippen molar-refractivity contribution in [2.24, 2.45) is 0 Å². The smallest absolute Gasteiger partial charge is 0.336 e. The average Bonchev–Trinajstić information content (AvgIpc) is 3.30. The molecule has 0 aliphatic carbocycles. The van der Waals surface area contributed by atoms with Crippen molar-refractivity contribution in [1.29, 1.82) is 0 Å². The van der Waals surface area contributed by atoms with Crippen molar-refractivity contribution in [2.45, 2.75) is 64.2 Å². The molecule has 39 heavy (non-hydrogen) atoms. The van der Waals surface area contributed by atoms with Crippen LogP contribution in [0.5, 0.6) is 11.5 Å². The Bertz CT molecular complexity index is 1690. The second-order valence-electron chi connectivity index (χ2n) is 11.9. The van der Waals surface area contributed by atoms with Crippen molar-refractivity contribution in [3.8, 4) is 11.5 Å². The standard InChI is InChI=1S/C34H34N2O3/c37-34(38)24-12-2-1-11-23(24)29-27-19-21-9-3-5-15-35-17-7-13-25(30(21)35)32(27)39-33-26-14-8-18-36-16-6-4-10-22(31(26)36)20-28(29)33/h1-2,11-12,19-20H,3-10,13-18H2/p+1. The number of nitrogens with zero attached hydrogens (tertiary/aromatic N) is 2. The van der Waals surface area contributed by atoms with E-state index in [0.29, 0.717) is 5.56 Å². The maximum absolute atomic E-state index is 12.5. The van der Waals surface area contributed by atoms with Crippen molar-refractivity contribution in [1.82, 2.24) is 4.58 Å². The van der Waals surface area contributed by atoms with Gasteiger partial charge in [0.2, 0.25) is 5.36 Å². The summed E-state index contributed by atoms with van der Waals surface area (Å²) in [6.07, 6.45) is 11.2. The minimum Gasteiger partial charge on any atom is -0.478 e. The van der Waals surface area contributed by atoms with Crippen LogP contribution in [0.2, 0.25) is 0 Å². The van der Waals surface area contributed by atoms with E-state index in [1.54, 1.807) is 6.07 Å². The van der Waals surface area contributed by atoms with Crippen molar-refractivity contribution < 1.29 is 14.6 Å². The summed E-state index contributed by atoms with van der Waals surface area (Å²) in [7, 11) is 0. The highest BCUT2D eigenvalue weighted by Gasteiger charge is 2.35. The molecule has 0 atom stereocenters. The molecule has 0 spiro atoms. The molecule has 1 N–H and O–H groups in total. The predicted molar refractivity (Wildman–Crippen MR) is 153 cm³/mol. The first kappa shape index (κ1) is 23.3. The number of aryl methyl sites for hydroxylation is 2. The number of rotatable bonds is 2. The molecule has 3 aromatic carbocycles. The van der Waals surface area contributed by atoms with Crippen LogP contribution < -0.4 is 24.8 Å². The Labute approximate surface area is 229 Å². The Hall–Kier alpha value is -3.60. The average molecular weight is 520 g/mol. The number of carboxylic acids is 1. The third-order valence-corrected chi connectivity index (χ3v) is 9.61. The van der Waals surface area contributed by atoms with Crippen molar-refractivity contribution in [3.05, 3.63) is 85.9 Å². The summed E-state index contributed by atoms with van der Waals surface area (Å²) in [6.45, 7) is 4.45. The van der Waals surface area contributed by atoms with Crippen LogP contribution in [0.3, 0.4) is 0 Å². The predicted octanol–water partition coefficient (Wildman–Crippen LogP) is 4.60. The maximum atomic E-state index is 12.5. The molecule has 3 aromatic rings. The van der Waals surface area contributed by atoms with Gasteiger partial charge in [0, 0.05) is 59.1 Å². The Morgan fingerprint density at radius 1 is 0.795 bits per heavy atom. The summed E-state index contributed by atoms with van der Waals surface area (Å²) in [5, 5.41) is 12.8. The largest absolute Gasteiger partial charge is 0.478 e. The van der Waals surface area contributed by atoms with Gasteiger partial charge in [0.15, 0.2) is 0 Å². The molecule has 0 unspecified atom stereocenters. The molecular formula is C34H35N2O3+. The normalized spacial score (nSPS) is 19.1. The van der Waals surface area contributed by atoms with Gasteiger partial charge in [0.05, 0.1) is 11.1 Å². The summed E-state index contributed by atoms with van der Waals surface area (Å²) in [5.41, 5.74) is 10.2. The number of fused-ring (bicyclic) bond motifs is 4. The van der Waals surface area contributed by atoms with Crippen molar-refractivity contribution in [3.63, 3.8) is 0 Å². The van der Waals surface area contributed by atoms with E-state index in [1.165, 1.54) is 59.0 Å². The molecular weight excluding hydrogens is 484 g/mol. The molecule has 5 aliphatic heterocycles. The van der Waals surface area contributed by atoms with Crippen LogP contribution in [0, 0.1) is 0 Å². The highest BCUT2D eigenvalue weighted by atomic mass is 16.5. The lowest BCUT2D eigenvalue weighted by molar-refractivity contribution is 0.0696. The molecule has 0 aromatic heterocycles. The second-order valence-corrected chi connectivity index (χ2v) is 11.9. The Morgan fingerprint density at radius 3 is 2.51 bits per heavy atom. The number of anilines is 1. The molecule has 0 amide bonds. The van der Waals surface area contributed by atoms with Crippen LogP contribution in [0.1, 0.15) is 82.3 Å². The van der Waals surface area contributed by atoms with Gasteiger partial charge in [-0.2, -0.15) is 0 Å². The third kappa shape index (κ3) is 3.51. The summed E-state index contributed by atoms with van der Waals surface area (Å²) in [5.74, 6) is 1.08. The van der Waals surface area contributed by atoms with Crippen LogP contribution in [0.15, 0.2) is 36.4 Å². The molecule has 5 heterocycles. The SMILES string of the molecule is O=C(O)c1ccccc1C1=c2cc3c4c(c2Oc2c1cc1c5c2CCCN5CCCC1)CCC[N+]=4CCCC3. The summed E-state index contributed by atoms with van der Waals surface area (Å²) in [4.78, 5) is 15.1. The molecule has 0 fully saturated rings. The molecule has 0 saturated heterocycles. The lowest BCUT2D eigenvalue weighted by Gasteiger charge is -2.35. The number of benzene rings is 3. The fourth-order valence-corrected chi connectivity index (χ4v) is 8.01. The molecule has 8 rings (SSSR count). The fourth-order valence-electron chi connectivity index (χ4n) is 8.01. The Kier molecular flexibility index (Phi) is 5.36. The van der Waals surface area contributed by atoms with E-state index >= 15 is 0 Å². The highest BCUT2D eigenvalue weighted by molar-refractivity contribution is 5.99. The minimum absolute atomic E-state index is 0.363. The topological polar surface area (TPSA) is 52.8 Å². The third-order valence-electron chi connectivity index (χ3n) is 9.61. The van der Waals surface area contributed by atoms with Gasteiger partial charge in [-0.25, -0.2) is 9.37 Å². The molecule has 5 heteroatoms. The summed E-state index contributed by atoms with van der Waals surface area (Å²) >= 11 is 0. The van der Waals surface area contributed by atoms with E-state index in [9.17, 15) is 9.90 Å². The van der Waals surface area contributed by atoms with Crippen LogP contribution in [0.25, 0.3) is 5.57 Å². The first-order valence-corrected chi connectivity index (χ1v) is 14.9. The molecule has 0 radical (unpaired) electrons. The van der Waals surface area contributed by atoms with Gasteiger partial charge in [0.1, 0.15) is 24.6 Å². The highest BCUT2D eigenvalue weighted by Crippen LogP contribution is 2.48. The van der Waals surface area contributed by atoms with E-state index in [0.717, 1.165) is 98.1 Å². The van der Waals surface area contributed by atoms with E-state index in [1.807, 2.05) is 18.2 Å². The van der Waals surface area contributed by atoms with E-state index in [-0.39, 0.29) is 0 Å². The molecule has 0 bridgehead atoms. The van der Waals surface area contributed by atoms with Crippen LogP contribution in [-0.4, -0.2) is 37.3 Å². The van der Waals surface area contributed by atoms with Crippen molar-refractivity contribution >= 4 is 17.2 Å². The number of hydrogen-bond donors (Lipinski definition) is 1. The zero-order valence-corrected chi connectivity index (χ0v) is 22.5. The zero-order chi connectivity index (χ0) is 26.1. The quantitative estimate of drug-likeness (QED) is 0.394. The molecule has 0 saturated carbocycles. The second kappa shape index (κ2) is 8.97. The van der Waals surface area contributed by atoms with Crippen molar-refractivity contribution in [2.75, 3.05) is 31.1 Å². The molecule has 198 valence electrons.